The smallest absolute Gasteiger partial charge is 0.307 e. The SMILES string of the molecule is O=C(O)Cc1ccccc1CSc1ccncn1. The molecule has 0 fully saturated rings. The molecule has 92 valence electrons. The molecule has 0 spiro atoms. The molecule has 1 heterocycles. The normalized spacial score (nSPS) is 10.2. The number of hydrogen-bond donors (Lipinski definition) is 1. The molecule has 1 aromatic heterocycles. The van der Waals surface area contributed by atoms with Crippen LogP contribution in [-0.4, -0.2) is 21.0 Å². The number of hydrogen-bond acceptors (Lipinski definition) is 4. The van der Waals surface area contributed by atoms with Gasteiger partial charge in [-0.25, -0.2) is 9.97 Å². The number of carboxylic acid groups (broad SMARTS) is 1. The molecule has 4 nitrogen and oxygen atoms in total. The zero-order valence-electron chi connectivity index (χ0n) is 9.61. The minimum atomic E-state index is -0.811. The molecule has 0 unspecified atom stereocenters. The molecule has 0 atom stereocenters. The van der Waals surface area contributed by atoms with Gasteiger partial charge in [-0.15, -0.1) is 11.8 Å². The number of aromatic nitrogens is 2. The molecule has 5 heteroatoms. The zero-order chi connectivity index (χ0) is 12.8. The van der Waals surface area contributed by atoms with Crippen molar-refractivity contribution in [3.05, 3.63) is 54.0 Å². The molecule has 0 saturated carbocycles. The van der Waals surface area contributed by atoms with Gasteiger partial charge in [-0.3, -0.25) is 4.79 Å². The van der Waals surface area contributed by atoms with Gasteiger partial charge in [0.05, 0.1) is 11.4 Å². The summed E-state index contributed by atoms with van der Waals surface area (Å²) in [6, 6.07) is 9.42. The van der Waals surface area contributed by atoms with E-state index in [0.29, 0.717) is 5.75 Å². The van der Waals surface area contributed by atoms with Crippen LogP contribution < -0.4 is 0 Å². The van der Waals surface area contributed by atoms with Crippen molar-refractivity contribution in [2.75, 3.05) is 0 Å². The molecular weight excluding hydrogens is 248 g/mol. The average molecular weight is 260 g/mol. The Morgan fingerprint density at radius 3 is 2.67 bits per heavy atom. The van der Waals surface area contributed by atoms with Gasteiger partial charge in [0.2, 0.25) is 0 Å². The van der Waals surface area contributed by atoms with E-state index in [-0.39, 0.29) is 6.42 Å². The van der Waals surface area contributed by atoms with E-state index in [1.165, 1.54) is 6.33 Å². The molecule has 0 bridgehead atoms. The number of carboxylic acids is 1. The van der Waals surface area contributed by atoms with E-state index in [0.717, 1.165) is 16.2 Å². The molecule has 0 aliphatic carbocycles. The van der Waals surface area contributed by atoms with Gasteiger partial charge < -0.3 is 5.11 Å². The zero-order valence-corrected chi connectivity index (χ0v) is 10.4. The third-order valence-electron chi connectivity index (χ3n) is 2.39. The van der Waals surface area contributed by atoms with Gasteiger partial charge >= 0.3 is 5.97 Å². The van der Waals surface area contributed by atoms with Crippen LogP contribution in [0.1, 0.15) is 11.1 Å². The Hall–Kier alpha value is -1.88. The van der Waals surface area contributed by atoms with Gasteiger partial charge in [0.25, 0.3) is 0 Å². The highest BCUT2D eigenvalue weighted by Gasteiger charge is 2.06. The quantitative estimate of drug-likeness (QED) is 0.660. The Kier molecular flexibility index (Phi) is 4.30. The van der Waals surface area contributed by atoms with E-state index in [4.69, 9.17) is 5.11 Å². The largest absolute Gasteiger partial charge is 0.481 e. The van der Waals surface area contributed by atoms with Crippen LogP contribution in [0.2, 0.25) is 0 Å². The molecule has 2 rings (SSSR count). The summed E-state index contributed by atoms with van der Waals surface area (Å²) < 4.78 is 0. The molecule has 0 amide bonds. The Morgan fingerprint density at radius 2 is 2.00 bits per heavy atom. The first-order valence-corrected chi connectivity index (χ1v) is 6.41. The number of thioether (sulfide) groups is 1. The topological polar surface area (TPSA) is 63.1 Å². The predicted molar refractivity (Wildman–Crippen MR) is 69.4 cm³/mol. The van der Waals surface area contributed by atoms with Crippen LogP contribution in [0, 0.1) is 0 Å². The lowest BCUT2D eigenvalue weighted by Crippen LogP contribution is -2.02. The Balaban J connectivity index is 2.07. The van der Waals surface area contributed by atoms with E-state index in [1.807, 2.05) is 30.3 Å². The van der Waals surface area contributed by atoms with Crippen LogP contribution in [0.5, 0.6) is 0 Å². The fourth-order valence-electron chi connectivity index (χ4n) is 1.55. The minimum absolute atomic E-state index is 0.0561. The first kappa shape index (κ1) is 12.6. The summed E-state index contributed by atoms with van der Waals surface area (Å²) in [6.07, 6.45) is 3.25. The molecule has 0 aliphatic rings. The summed E-state index contributed by atoms with van der Waals surface area (Å²) in [5, 5.41) is 9.73. The maximum atomic E-state index is 10.8. The fourth-order valence-corrected chi connectivity index (χ4v) is 2.41. The second-order valence-corrected chi connectivity index (χ2v) is 4.67. The van der Waals surface area contributed by atoms with Gasteiger partial charge in [0.1, 0.15) is 6.33 Å². The van der Waals surface area contributed by atoms with E-state index in [2.05, 4.69) is 9.97 Å². The summed E-state index contributed by atoms with van der Waals surface area (Å²) in [6.45, 7) is 0. The molecule has 1 aromatic carbocycles. The van der Waals surface area contributed by atoms with Gasteiger partial charge in [-0.2, -0.15) is 0 Å². The highest BCUT2D eigenvalue weighted by molar-refractivity contribution is 7.98. The number of nitrogens with zero attached hydrogens (tertiary/aromatic N) is 2. The summed E-state index contributed by atoms with van der Waals surface area (Å²) >= 11 is 1.57. The first-order valence-electron chi connectivity index (χ1n) is 5.43. The van der Waals surface area contributed by atoms with Crippen molar-refractivity contribution in [3.63, 3.8) is 0 Å². The van der Waals surface area contributed by atoms with Crippen molar-refractivity contribution in [1.82, 2.24) is 9.97 Å². The molecule has 1 N–H and O–H groups in total. The number of rotatable bonds is 5. The third kappa shape index (κ3) is 3.56. The second kappa shape index (κ2) is 6.16. The lowest BCUT2D eigenvalue weighted by atomic mass is 10.1. The predicted octanol–water partition coefficient (Wildman–Crippen LogP) is 2.40. The van der Waals surface area contributed by atoms with E-state index in [1.54, 1.807) is 18.0 Å². The van der Waals surface area contributed by atoms with Crippen molar-refractivity contribution in [2.24, 2.45) is 0 Å². The van der Waals surface area contributed by atoms with Crippen LogP contribution in [-0.2, 0) is 17.0 Å². The molecule has 0 saturated heterocycles. The van der Waals surface area contributed by atoms with Crippen molar-refractivity contribution in [3.8, 4) is 0 Å². The molecule has 0 radical (unpaired) electrons. The van der Waals surface area contributed by atoms with E-state index in [9.17, 15) is 4.79 Å². The lowest BCUT2D eigenvalue weighted by Gasteiger charge is -2.06. The number of benzene rings is 1. The van der Waals surface area contributed by atoms with Crippen molar-refractivity contribution >= 4 is 17.7 Å². The standard InChI is InChI=1S/C13H12N2O2S/c16-13(17)7-10-3-1-2-4-11(10)8-18-12-5-6-14-9-15-12/h1-6,9H,7-8H2,(H,16,17). The average Bonchev–Trinajstić information content (AvgIpc) is 2.38. The van der Waals surface area contributed by atoms with Gasteiger partial charge in [-0.1, -0.05) is 24.3 Å². The third-order valence-corrected chi connectivity index (χ3v) is 3.38. The van der Waals surface area contributed by atoms with Crippen molar-refractivity contribution in [2.45, 2.75) is 17.2 Å². The fraction of sp³-hybridized carbons (Fsp3) is 0.154. The van der Waals surface area contributed by atoms with E-state index < -0.39 is 5.97 Å². The van der Waals surface area contributed by atoms with Gasteiger partial charge in [0, 0.05) is 11.9 Å². The second-order valence-electron chi connectivity index (χ2n) is 3.68. The highest BCUT2D eigenvalue weighted by Crippen LogP contribution is 2.22. The Bertz CT molecular complexity index is 532. The van der Waals surface area contributed by atoms with Crippen LogP contribution >= 0.6 is 11.8 Å². The molecule has 18 heavy (non-hydrogen) atoms. The summed E-state index contributed by atoms with van der Waals surface area (Å²) in [7, 11) is 0. The molecule has 2 aromatic rings. The van der Waals surface area contributed by atoms with Crippen LogP contribution in [0.25, 0.3) is 0 Å². The maximum absolute atomic E-state index is 10.8. The summed E-state index contributed by atoms with van der Waals surface area (Å²) in [5.41, 5.74) is 1.88. The number of carbonyl (C=O) groups is 1. The molecule has 0 aliphatic heterocycles. The Morgan fingerprint density at radius 1 is 1.22 bits per heavy atom. The van der Waals surface area contributed by atoms with E-state index >= 15 is 0 Å². The van der Waals surface area contributed by atoms with Crippen LogP contribution in [0.4, 0.5) is 0 Å². The Labute approximate surface area is 109 Å². The van der Waals surface area contributed by atoms with Crippen molar-refractivity contribution in [1.29, 1.82) is 0 Å². The minimum Gasteiger partial charge on any atom is -0.481 e. The first-order chi connectivity index (χ1) is 8.75. The van der Waals surface area contributed by atoms with Gasteiger partial charge in [-0.05, 0) is 17.2 Å². The van der Waals surface area contributed by atoms with Gasteiger partial charge in [0.15, 0.2) is 0 Å². The number of aliphatic carboxylic acids is 1. The molecular formula is C13H12N2O2S. The summed E-state index contributed by atoms with van der Waals surface area (Å²) in [5.74, 6) is -0.102. The maximum Gasteiger partial charge on any atom is 0.307 e. The van der Waals surface area contributed by atoms with Crippen LogP contribution in [0.3, 0.4) is 0 Å². The highest BCUT2D eigenvalue weighted by atomic mass is 32.2. The van der Waals surface area contributed by atoms with Crippen LogP contribution in [0.15, 0.2) is 47.9 Å². The van der Waals surface area contributed by atoms with Crippen molar-refractivity contribution < 1.29 is 9.90 Å². The summed E-state index contributed by atoms with van der Waals surface area (Å²) in [4.78, 5) is 18.7. The lowest BCUT2D eigenvalue weighted by molar-refractivity contribution is -0.136. The monoisotopic (exact) mass is 260 g/mol.